The van der Waals surface area contributed by atoms with Gasteiger partial charge in [0.2, 0.25) is 0 Å². The molecule has 0 spiro atoms. The summed E-state index contributed by atoms with van der Waals surface area (Å²) in [5, 5.41) is 0. The van der Waals surface area contributed by atoms with Gasteiger partial charge in [0.05, 0.1) is 0 Å². The molecule has 0 atom stereocenters. The fourth-order valence-electron chi connectivity index (χ4n) is 0. The molecule has 0 aromatic heterocycles. The van der Waals surface area contributed by atoms with E-state index < -0.39 is 0 Å². The van der Waals surface area contributed by atoms with Crippen LogP contribution in [0.25, 0.3) is 0 Å². The predicted molar refractivity (Wildman–Crippen MR) is 32.4 cm³/mol. The van der Waals surface area contributed by atoms with E-state index in [4.69, 9.17) is 0 Å². The number of halogens is 2. The zero-order valence-corrected chi connectivity index (χ0v) is 7.99. The Kier molecular flexibility index (Phi) is 27900. The molecule has 0 aliphatic heterocycles. The van der Waals surface area contributed by atoms with Gasteiger partial charge in [0.25, 0.3) is 0 Å². The Morgan fingerprint density at radius 1 is 0.500 bits per heavy atom. The van der Waals surface area contributed by atoms with Crippen molar-refractivity contribution < 1.29 is 31.9 Å². The first-order valence-corrected chi connectivity index (χ1v) is 0. The topological polar surface area (TPSA) is 175 Å². The second-order valence-electron chi connectivity index (χ2n) is 0. The van der Waals surface area contributed by atoms with E-state index in [9.17, 15) is 0 Å². The molecule has 0 saturated heterocycles. The van der Waals surface area contributed by atoms with Crippen LogP contribution in [0.1, 0.15) is 0 Å². The average Bonchev–Trinajstić information content (AvgIpc) is 0. The zero-order valence-electron chi connectivity index (χ0n) is 4.68. The van der Waals surface area contributed by atoms with Crippen LogP contribution in [0, 0.1) is 0 Å². The molecule has 0 aliphatic carbocycles. The molecule has 0 aliphatic rings. The molecule has 0 bridgehead atoms. The van der Waals surface area contributed by atoms with E-state index in [1.165, 1.54) is 0 Å². The molecule has 8 heavy (non-hydrogen) atoms. The van der Waals surface area contributed by atoms with Crippen molar-refractivity contribution in [3.05, 3.63) is 0 Å². The van der Waals surface area contributed by atoms with Gasteiger partial charge in [-0.2, -0.15) is 0 Å². The third-order valence-electron chi connectivity index (χ3n) is 0. The van der Waals surface area contributed by atoms with Crippen LogP contribution in [-0.2, 0) is 19.5 Å². The van der Waals surface area contributed by atoms with E-state index in [2.05, 4.69) is 0 Å². The van der Waals surface area contributed by atoms with Gasteiger partial charge in [-0.25, -0.2) is 0 Å². The zero-order chi connectivity index (χ0) is 0. The summed E-state index contributed by atoms with van der Waals surface area (Å²) in [5.74, 6) is 0. The van der Waals surface area contributed by atoms with Gasteiger partial charge in [0, 0.05) is 0 Å². The number of hydrogen-bond donors (Lipinski definition) is 5. The Bertz CT molecular complexity index is 10.4. The summed E-state index contributed by atoms with van der Waals surface area (Å²) in [6, 6.07) is 0. The maximum Gasteiger partial charge on any atom is 1.00 e. The Labute approximate surface area is 75.2 Å². The van der Waals surface area contributed by atoms with Crippen molar-refractivity contribution in [1.29, 1.82) is 0 Å². The molecule has 63 valence electrons. The minimum absolute atomic E-state index is 0. The quantitative estimate of drug-likeness (QED) is 0.322. The molecular weight excluding hydrogens is 242 g/mol. The Balaban J connectivity index is 0. The van der Waals surface area contributed by atoms with E-state index in [0.717, 1.165) is 0 Å². The van der Waals surface area contributed by atoms with Crippen molar-refractivity contribution in [3.8, 4) is 0 Å². The van der Waals surface area contributed by atoms with Gasteiger partial charge in [0.1, 0.15) is 0 Å². The molecule has 0 rings (SSSR count). The van der Waals surface area contributed by atoms with Crippen molar-refractivity contribution in [2.75, 3.05) is 0 Å². The van der Waals surface area contributed by atoms with Crippen molar-refractivity contribution in [3.63, 3.8) is 0 Å². The fourth-order valence-corrected chi connectivity index (χ4v) is 0. The second-order valence-corrected chi connectivity index (χ2v) is 0. The number of hydrogen-bond acceptors (Lipinski definition) is 5. The molecule has 0 saturated carbocycles. The smallest absolute Gasteiger partial charge is 1.00 e. The molecule has 0 aromatic carbocycles. The summed E-state index contributed by atoms with van der Waals surface area (Å²) >= 11 is 0. The van der Waals surface area contributed by atoms with Crippen LogP contribution < -0.4 is 43.2 Å². The van der Waals surface area contributed by atoms with Gasteiger partial charge in [-0.1, -0.05) is 0 Å². The van der Waals surface area contributed by atoms with Crippen LogP contribution in [0.2, 0.25) is 0 Å². The minimum Gasteiger partial charge on any atom is -1.00 e. The van der Waals surface area contributed by atoms with Crippen LogP contribution in [0.15, 0.2) is 0 Å². The minimum atomic E-state index is 0. The van der Waals surface area contributed by atoms with Crippen molar-refractivity contribution >= 4 is 12.4 Å². The SMILES string of the molecule is Cl.N.N.N.N.N.[Cl-].[Ru+]. The summed E-state index contributed by atoms with van der Waals surface area (Å²) in [6.07, 6.45) is 0. The largest absolute Gasteiger partial charge is 1.00 e. The molecule has 0 unspecified atom stereocenters. The third-order valence-corrected chi connectivity index (χ3v) is 0. The summed E-state index contributed by atoms with van der Waals surface area (Å²) in [4.78, 5) is 0. The predicted octanol–water partition coefficient (Wildman–Crippen LogP) is -1.77. The molecule has 0 amide bonds. The van der Waals surface area contributed by atoms with Gasteiger partial charge >= 0.3 is 19.5 Å². The number of rotatable bonds is 0. The maximum absolute atomic E-state index is 0. The van der Waals surface area contributed by atoms with Gasteiger partial charge in [0.15, 0.2) is 0 Å². The van der Waals surface area contributed by atoms with Crippen molar-refractivity contribution in [1.82, 2.24) is 30.8 Å². The van der Waals surface area contributed by atoms with Crippen molar-refractivity contribution in [2.45, 2.75) is 0 Å². The Morgan fingerprint density at radius 2 is 0.500 bits per heavy atom. The Morgan fingerprint density at radius 3 is 0.500 bits per heavy atom. The summed E-state index contributed by atoms with van der Waals surface area (Å²) in [7, 11) is 0. The van der Waals surface area contributed by atoms with E-state index in [-0.39, 0.29) is 75.0 Å². The van der Waals surface area contributed by atoms with E-state index >= 15 is 0 Å². The standard InChI is InChI=1S/2ClH.5H3N.Ru/h2*1H;5*1H3;/q;;;;;;;+1/p-1. The maximum atomic E-state index is 0. The molecular formula is H16Cl2N5Ru. The van der Waals surface area contributed by atoms with E-state index in [1.807, 2.05) is 0 Å². The monoisotopic (exact) mass is 258 g/mol. The molecule has 8 heteroatoms. The summed E-state index contributed by atoms with van der Waals surface area (Å²) in [6.45, 7) is 0. The van der Waals surface area contributed by atoms with Gasteiger partial charge < -0.3 is 43.2 Å². The van der Waals surface area contributed by atoms with Crippen LogP contribution in [-0.4, -0.2) is 0 Å². The second kappa shape index (κ2) is 390. The average molecular weight is 258 g/mol. The molecule has 0 aromatic rings. The van der Waals surface area contributed by atoms with Crippen LogP contribution in [0.4, 0.5) is 0 Å². The first kappa shape index (κ1) is 573. The van der Waals surface area contributed by atoms with Crippen molar-refractivity contribution in [2.24, 2.45) is 0 Å². The molecule has 0 fully saturated rings. The summed E-state index contributed by atoms with van der Waals surface area (Å²) < 4.78 is 0. The van der Waals surface area contributed by atoms with Gasteiger partial charge in [-0.3, -0.25) is 0 Å². The third kappa shape index (κ3) is 251. The van der Waals surface area contributed by atoms with Gasteiger partial charge in [-0.05, 0) is 0 Å². The van der Waals surface area contributed by atoms with E-state index in [1.54, 1.807) is 0 Å². The van der Waals surface area contributed by atoms with Crippen LogP contribution in [0.3, 0.4) is 0 Å². The molecule has 15 N–H and O–H groups in total. The van der Waals surface area contributed by atoms with Gasteiger partial charge in [-0.15, -0.1) is 12.4 Å². The molecule has 5 nitrogen and oxygen atoms in total. The first-order valence-electron chi connectivity index (χ1n) is 0. The Hall–Kier alpha value is 1.00. The summed E-state index contributed by atoms with van der Waals surface area (Å²) in [5.41, 5.74) is 0. The fraction of sp³-hybridized carbons (Fsp3) is 0. The van der Waals surface area contributed by atoms with E-state index in [0.29, 0.717) is 0 Å². The first-order chi connectivity index (χ1) is 0. The van der Waals surface area contributed by atoms with Crippen LogP contribution in [0.5, 0.6) is 0 Å². The molecule has 1 radical (unpaired) electrons. The van der Waals surface area contributed by atoms with Crippen LogP contribution >= 0.6 is 12.4 Å². The molecule has 0 heterocycles. The normalized spacial score (nSPS) is 0.